The summed E-state index contributed by atoms with van der Waals surface area (Å²) in [5.74, 6) is 1.67. The Balaban J connectivity index is 1.22. The summed E-state index contributed by atoms with van der Waals surface area (Å²) in [5.41, 5.74) is 3.60. The number of carbonyl (C=O) groups excluding carboxylic acids is 1. The molecule has 152 valence electrons. The van der Waals surface area contributed by atoms with Crippen molar-refractivity contribution in [2.24, 2.45) is 5.92 Å². The minimum atomic E-state index is 0.0840. The van der Waals surface area contributed by atoms with Crippen molar-refractivity contribution in [1.82, 2.24) is 19.8 Å². The van der Waals surface area contributed by atoms with Crippen LogP contribution in [0.3, 0.4) is 0 Å². The summed E-state index contributed by atoms with van der Waals surface area (Å²) < 4.78 is 2.33. The van der Waals surface area contributed by atoms with E-state index in [0.717, 1.165) is 63.2 Å². The number of imidazole rings is 1. The highest BCUT2D eigenvalue weighted by atomic mass is 16.2. The number of aromatic nitrogens is 2. The van der Waals surface area contributed by atoms with Gasteiger partial charge in [0.1, 0.15) is 5.82 Å². The molecule has 1 saturated heterocycles. The second kappa shape index (κ2) is 9.12. The molecule has 1 aromatic heterocycles. The van der Waals surface area contributed by atoms with Crippen molar-refractivity contribution in [3.8, 4) is 0 Å². The van der Waals surface area contributed by atoms with E-state index < -0.39 is 0 Å². The molecule has 1 aliphatic rings. The van der Waals surface area contributed by atoms with Crippen LogP contribution in [0.5, 0.6) is 0 Å². The summed E-state index contributed by atoms with van der Waals surface area (Å²) in [6.45, 7) is 5.46. The summed E-state index contributed by atoms with van der Waals surface area (Å²) in [6, 6.07) is 18.8. The second-order valence-electron chi connectivity index (χ2n) is 8.01. The number of rotatable bonds is 6. The van der Waals surface area contributed by atoms with Crippen LogP contribution < -0.4 is 5.32 Å². The monoisotopic (exact) mass is 390 g/mol. The number of para-hydroxylation sites is 2. The number of carbonyl (C=O) groups is 1. The zero-order valence-electron chi connectivity index (χ0n) is 17.2. The molecule has 1 aliphatic heterocycles. The van der Waals surface area contributed by atoms with Crippen molar-refractivity contribution in [2.45, 2.75) is 39.2 Å². The predicted octanol–water partition coefficient (Wildman–Crippen LogP) is 4.40. The highest BCUT2D eigenvalue weighted by Gasteiger charge is 2.23. The number of benzene rings is 2. The highest BCUT2D eigenvalue weighted by molar-refractivity contribution is 5.76. The SMILES string of the molecule is Cc1nc2ccccc2n1CC1CCN(C(=O)NCCCc2ccccc2)CC1. The molecule has 1 fully saturated rings. The van der Waals surface area contributed by atoms with Gasteiger partial charge in [0, 0.05) is 26.2 Å². The van der Waals surface area contributed by atoms with E-state index in [2.05, 4.69) is 64.3 Å². The lowest BCUT2D eigenvalue weighted by Gasteiger charge is -2.32. The molecule has 0 unspecified atom stereocenters. The Kier molecular flexibility index (Phi) is 6.13. The van der Waals surface area contributed by atoms with Gasteiger partial charge in [-0.25, -0.2) is 9.78 Å². The molecule has 5 heteroatoms. The summed E-state index contributed by atoms with van der Waals surface area (Å²) in [7, 11) is 0. The summed E-state index contributed by atoms with van der Waals surface area (Å²) in [6.07, 6.45) is 4.06. The van der Waals surface area contributed by atoms with Gasteiger partial charge in [-0.05, 0) is 56.2 Å². The Morgan fingerprint density at radius 3 is 2.59 bits per heavy atom. The lowest BCUT2D eigenvalue weighted by Crippen LogP contribution is -2.45. The van der Waals surface area contributed by atoms with E-state index in [1.807, 2.05) is 17.0 Å². The number of amides is 2. The molecule has 0 saturated carbocycles. The van der Waals surface area contributed by atoms with Gasteiger partial charge in [-0.3, -0.25) is 0 Å². The largest absolute Gasteiger partial charge is 0.338 e. The van der Waals surface area contributed by atoms with E-state index in [4.69, 9.17) is 0 Å². The smallest absolute Gasteiger partial charge is 0.317 e. The summed E-state index contributed by atoms with van der Waals surface area (Å²) >= 11 is 0. The van der Waals surface area contributed by atoms with E-state index in [9.17, 15) is 4.79 Å². The second-order valence-corrected chi connectivity index (χ2v) is 8.01. The summed E-state index contributed by atoms with van der Waals surface area (Å²) in [5, 5.41) is 3.09. The Morgan fingerprint density at radius 1 is 1.07 bits per heavy atom. The van der Waals surface area contributed by atoms with Crippen LogP contribution in [0.15, 0.2) is 54.6 Å². The zero-order chi connectivity index (χ0) is 20.1. The number of hydrogen-bond acceptors (Lipinski definition) is 2. The molecule has 1 N–H and O–H groups in total. The summed E-state index contributed by atoms with van der Waals surface area (Å²) in [4.78, 5) is 19.1. The molecule has 0 spiro atoms. The fourth-order valence-electron chi connectivity index (χ4n) is 4.25. The lowest BCUT2D eigenvalue weighted by molar-refractivity contribution is 0.165. The van der Waals surface area contributed by atoms with Gasteiger partial charge < -0.3 is 14.8 Å². The van der Waals surface area contributed by atoms with E-state index in [1.165, 1.54) is 11.1 Å². The first kappa shape index (κ1) is 19.5. The molecule has 2 amide bonds. The van der Waals surface area contributed by atoms with Gasteiger partial charge in [-0.1, -0.05) is 42.5 Å². The van der Waals surface area contributed by atoms with Crippen LogP contribution in [0.4, 0.5) is 4.79 Å². The van der Waals surface area contributed by atoms with Crippen LogP contribution >= 0.6 is 0 Å². The van der Waals surface area contributed by atoms with Crippen LogP contribution in [0.25, 0.3) is 11.0 Å². The van der Waals surface area contributed by atoms with E-state index >= 15 is 0 Å². The van der Waals surface area contributed by atoms with Gasteiger partial charge >= 0.3 is 6.03 Å². The maximum absolute atomic E-state index is 12.5. The Labute approximate surface area is 172 Å². The third-order valence-corrected chi connectivity index (χ3v) is 5.95. The van der Waals surface area contributed by atoms with Crippen LogP contribution in [0.1, 0.15) is 30.7 Å². The number of fused-ring (bicyclic) bond motifs is 1. The van der Waals surface area contributed by atoms with Crippen molar-refractivity contribution in [3.05, 3.63) is 66.0 Å². The molecular formula is C24H30N4O. The third kappa shape index (κ3) is 4.78. The maximum Gasteiger partial charge on any atom is 0.317 e. The van der Waals surface area contributed by atoms with Crippen LogP contribution in [0, 0.1) is 12.8 Å². The van der Waals surface area contributed by atoms with Crippen molar-refractivity contribution < 1.29 is 4.79 Å². The first-order valence-electron chi connectivity index (χ1n) is 10.7. The fraction of sp³-hybridized carbons (Fsp3) is 0.417. The Hall–Kier alpha value is -2.82. The number of piperidine rings is 1. The van der Waals surface area contributed by atoms with Crippen LogP contribution in [0.2, 0.25) is 0 Å². The highest BCUT2D eigenvalue weighted by Crippen LogP contribution is 2.23. The van der Waals surface area contributed by atoms with Gasteiger partial charge in [-0.2, -0.15) is 0 Å². The number of aryl methyl sites for hydroxylation is 2. The minimum absolute atomic E-state index is 0.0840. The van der Waals surface area contributed by atoms with Crippen LogP contribution in [-0.4, -0.2) is 40.1 Å². The first-order chi connectivity index (χ1) is 14.2. The molecule has 3 aromatic rings. The van der Waals surface area contributed by atoms with Crippen molar-refractivity contribution in [2.75, 3.05) is 19.6 Å². The van der Waals surface area contributed by atoms with E-state index in [1.54, 1.807) is 0 Å². The van der Waals surface area contributed by atoms with Gasteiger partial charge in [0.05, 0.1) is 11.0 Å². The maximum atomic E-state index is 12.5. The molecule has 0 aliphatic carbocycles. The average Bonchev–Trinajstić information content (AvgIpc) is 3.07. The topological polar surface area (TPSA) is 50.2 Å². The molecule has 2 heterocycles. The van der Waals surface area contributed by atoms with Gasteiger partial charge in [-0.15, -0.1) is 0 Å². The zero-order valence-corrected chi connectivity index (χ0v) is 17.2. The Bertz CT molecular complexity index is 942. The number of hydrogen-bond donors (Lipinski definition) is 1. The normalized spacial score (nSPS) is 15.0. The van der Waals surface area contributed by atoms with E-state index in [-0.39, 0.29) is 6.03 Å². The standard InChI is InChI=1S/C24H30N4O/c1-19-26-22-11-5-6-12-23(22)28(19)18-21-13-16-27(17-14-21)24(29)25-15-7-10-20-8-3-2-4-9-20/h2-6,8-9,11-12,21H,7,10,13-18H2,1H3,(H,25,29). The molecule has 0 bridgehead atoms. The average molecular weight is 391 g/mol. The molecule has 0 radical (unpaired) electrons. The quantitative estimate of drug-likeness (QED) is 0.634. The number of nitrogens with zero attached hydrogens (tertiary/aromatic N) is 3. The van der Waals surface area contributed by atoms with Gasteiger partial charge in [0.25, 0.3) is 0 Å². The van der Waals surface area contributed by atoms with Gasteiger partial charge in [0.15, 0.2) is 0 Å². The molecular weight excluding hydrogens is 360 g/mol. The lowest BCUT2D eigenvalue weighted by atomic mass is 9.97. The molecule has 0 atom stereocenters. The Morgan fingerprint density at radius 2 is 1.79 bits per heavy atom. The molecule has 29 heavy (non-hydrogen) atoms. The number of urea groups is 1. The molecule has 5 nitrogen and oxygen atoms in total. The predicted molar refractivity (Wildman–Crippen MR) is 117 cm³/mol. The minimum Gasteiger partial charge on any atom is -0.338 e. The van der Waals surface area contributed by atoms with Crippen molar-refractivity contribution in [1.29, 1.82) is 0 Å². The molecule has 4 rings (SSSR count). The third-order valence-electron chi connectivity index (χ3n) is 5.95. The van der Waals surface area contributed by atoms with Gasteiger partial charge in [0.2, 0.25) is 0 Å². The van der Waals surface area contributed by atoms with Crippen molar-refractivity contribution in [3.63, 3.8) is 0 Å². The van der Waals surface area contributed by atoms with Crippen LogP contribution in [-0.2, 0) is 13.0 Å². The van der Waals surface area contributed by atoms with Crippen molar-refractivity contribution >= 4 is 17.1 Å². The fourth-order valence-corrected chi connectivity index (χ4v) is 4.25. The number of likely N-dealkylation sites (tertiary alicyclic amines) is 1. The van der Waals surface area contributed by atoms with E-state index in [0.29, 0.717) is 5.92 Å². The number of nitrogens with one attached hydrogen (secondary N) is 1. The molecule has 2 aromatic carbocycles. The first-order valence-corrected chi connectivity index (χ1v) is 10.7.